The number of hydrogen-bond acceptors (Lipinski definition) is 1. The van der Waals surface area contributed by atoms with E-state index >= 15 is 0 Å². The van der Waals surface area contributed by atoms with Crippen molar-refractivity contribution in [3.63, 3.8) is 0 Å². The zero-order valence-corrected chi connectivity index (χ0v) is 30.4. The first-order valence-electron chi connectivity index (χ1n) is 20.1. The Kier molecular flexibility index (Phi) is 38.9. The van der Waals surface area contributed by atoms with Gasteiger partial charge in [-0.25, -0.2) is 0 Å². The third-order valence-corrected chi connectivity index (χ3v) is 9.94. The average Bonchev–Trinajstić information content (AvgIpc) is 2.98. The number of quaternary nitrogens is 1. The maximum atomic E-state index is 2.34. The third-order valence-electron chi connectivity index (χ3n) is 9.94. The molecule has 0 aromatic carbocycles. The van der Waals surface area contributed by atoms with Gasteiger partial charge in [-0.05, 0) is 51.4 Å². The van der Waals surface area contributed by atoms with Gasteiger partial charge in [-0.3, -0.25) is 0 Å². The minimum atomic E-state index is 0. The molecule has 0 atom stereocenters. The summed E-state index contributed by atoms with van der Waals surface area (Å²) in [5.74, 6) is 0. The topological polar surface area (TPSA) is 30.0 Å². The summed E-state index contributed by atoms with van der Waals surface area (Å²) in [6, 6.07) is 0. The van der Waals surface area contributed by atoms with E-state index in [1.54, 1.807) is 0 Å². The lowest BCUT2D eigenvalue weighted by molar-refractivity contribution is -0.929. The van der Waals surface area contributed by atoms with E-state index < -0.39 is 0 Å². The summed E-state index contributed by atoms with van der Waals surface area (Å²) in [4.78, 5) is 0. The maximum absolute atomic E-state index is 2.34. The second kappa shape index (κ2) is 37.1. The molecule has 0 radical (unpaired) electrons. The molecule has 0 rings (SSSR count). The normalized spacial score (nSPS) is 11.7. The minimum Gasteiger partial charge on any atom is -0.870 e. The lowest BCUT2D eigenvalue weighted by atomic mass is 10.0. The van der Waals surface area contributed by atoms with Gasteiger partial charge < -0.3 is 9.96 Å². The van der Waals surface area contributed by atoms with Crippen LogP contribution in [0.15, 0.2) is 0 Å². The largest absolute Gasteiger partial charge is 0.870 e. The van der Waals surface area contributed by atoms with E-state index in [1.165, 1.54) is 236 Å². The fourth-order valence-corrected chi connectivity index (χ4v) is 7.00. The lowest BCUT2D eigenvalue weighted by Gasteiger charge is -2.40. The van der Waals surface area contributed by atoms with Crippen LogP contribution in [0.5, 0.6) is 0 Å². The molecule has 0 bridgehead atoms. The smallest absolute Gasteiger partial charge is 0.0786 e. The van der Waals surface area contributed by atoms with Crippen LogP contribution in [0.2, 0.25) is 0 Å². The van der Waals surface area contributed by atoms with Gasteiger partial charge in [0, 0.05) is 0 Å². The van der Waals surface area contributed by atoms with Crippen LogP contribution in [0.3, 0.4) is 0 Å². The van der Waals surface area contributed by atoms with Crippen molar-refractivity contribution in [3.8, 4) is 0 Å². The summed E-state index contributed by atoms with van der Waals surface area (Å²) >= 11 is 0. The highest BCUT2D eigenvalue weighted by atomic mass is 16.0. The lowest BCUT2D eigenvalue weighted by Crippen LogP contribution is -2.50. The van der Waals surface area contributed by atoms with Gasteiger partial charge >= 0.3 is 0 Å². The average molecular weight is 596 g/mol. The second-order valence-corrected chi connectivity index (χ2v) is 14.1. The number of unbranched alkanes of at least 4 members (excludes halogenated alkanes) is 28. The van der Waals surface area contributed by atoms with E-state index in [2.05, 4.69) is 27.7 Å². The monoisotopic (exact) mass is 596 g/mol. The summed E-state index contributed by atoms with van der Waals surface area (Å²) in [5, 5.41) is 0. The molecule has 42 heavy (non-hydrogen) atoms. The Morgan fingerprint density at radius 1 is 0.214 bits per heavy atom. The highest BCUT2D eigenvalue weighted by Crippen LogP contribution is 2.21. The molecule has 1 N–H and O–H groups in total. The van der Waals surface area contributed by atoms with Gasteiger partial charge in [-0.2, -0.15) is 0 Å². The summed E-state index contributed by atoms with van der Waals surface area (Å²) in [7, 11) is 0. The van der Waals surface area contributed by atoms with Crippen molar-refractivity contribution in [2.24, 2.45) is 0 Å². The summed E-state index contributed by atoms with van der Waals surface area (Å²) < 4.78 is 1.48. The highest BCUT2D eigenvalue weighted by molar-refractivity contribution is 4.56. The van der Waals surface area contributed by atoms with Crippen LogP contribution in [-0.4, -0.2) is 36.1 Å². The molecule has 0 saturated carbocycles. The highest BCUT2D eigenvalue weighted by Gasteiger charge is 2.25. The van der Waals surface area contributed by atoms with Crippen molar-refractivity contribution in [1.82, 2.24) is 0 Å². The van der Waals surface area contributed by atoms with Gasteiger partial charge in [0.1, 0.15) is 0 Å². The van der Waals surface area contributed by atoms with Gasteiger partial charge in [-0.1, -0.05) is 182 Å². The van der Waals surface area contributed by atoms with E-state index in [0.717, 1.165) is 0 Å². The van der Waals surface area contributed by atoms with E-state index in [0.29, 0.717) is 0 Å². The van der Waals surface area contributed by atoms with Crippen molar-refractivity contribution in [2.45, 2.75) is 233 Å². The molecule has 0 saturated heterocycles. The Morgan fingerprint density at radius 2 is 0.357 bits per heavy atom. The minimum absolute atomic E-state index is 0. The van der Waals surface area contributed by atoms with Crippen LogP contribution in [0.4, 0.5) is 0 Å². The fraction of sp³-hybridized carbons (Fsp3) is 1.00. The standard InChI is InChI=1S/C40H84N.H2O/c1-5-9-13-17-21-25-29-33-37-41(38-34-30-26-22-18-14-10-6-2,39-35-31-27-23-19-15-11-7-3)40-36-32-28-24-20-16-12-8-4;/h5-40H2,1-4H3;1H2/q+1;/p-1. The first-order valence-corrected chi connectivity index (χ1v) is 20.1. The SMILES string of the molecule is CCCCCCCCCC[N+](CCCCCCCCCC)(CCCCCCCCCC)CCCCCCCCCC.[OH-]. The summed E-state index contributed by atoms with van der Waals surface area (Å²) in [6.45, 7) is 15.3. The second-order valence-electron chi connectivity index (χ2n) is 14.1. The fourth-order valence-electron chi connectivity index (χ4n) is 7.00. The molecule has 2 heteroatoms. The van der Waals surface area contributed by atoms with Crippen LogP contribution in [0.1, 0.15) is 233 Å². The third kappa shape index (κ3) is 31.3. The molecular formula is C40H85NO. The molecule has 2 nitrogen and oxygen atoms in total. The maximum Gasteiger partial charge on any atom is 0.0786 e. The molecule has 0 aliphatic rings. The van der Waals surface area contributed by atoms with Gasteiger partial charge in [0.05, 0.1) is 26.2 Å². The molecule has 0 aliphatic heterocycles. The summed E-state index contributed by atoms with van der Waals surface area (Å²) in [5.41, 5.74) is 0. The Hall–Kier alpha value is -0.0800. The quantitative estimate of drug-likeness (QED) is 0.0523. The number of hydrogen-bond donors (Lipinski definition) is 0. The molecule has 0 amide bonds. The van der Waals surface area contributed by atoms with Gasteiger partial charge in [-0.15, -0.1) is 0 Å². The van der Waals surface area contributed by atoms with Gasteiger partial charge in [0.15, 0.2) is 0 Å². The predicted molar refractivity (Wildman–Crippen MR) is 192 cm³/mol. The zero-order valence-electron chi connectivity index (χ0n) is 30.4. The first kappa shape index (κ1) is 44.0. The summed E-state index contributed by atoms with van der Waals surface area (Å²) in [6.07, 6.45) is 46.7. The van der Waals surface area contributed by atoms with Crippen LogP contribution in [-0.2, 0) is 0 Å². The molecule has 0 spiro atoms. The first-order chi connectivity index (χ1) is 20.2. The zero-order chi connectivity index (χ0) is 30.0. The van der Waals surface area contributed by atoms with Crippen molar-refractivity contribution >= 4 is 0 Å². The molecule has 0 aliphatic carbocycles. The molecular weight excluding hydrogens is 510 g/mol. The van der Waals surface area contributed by atoms with Crippen molar-refractivity contribution in [3.05, 3.63) is 0 Å². The number of rotatable bonds is 36. The van der Waals surface area contributed by atoms with Gasteiger partial charge in [0.25, 0.3) is 0 Å². The van der Waals surface area contributed by atoms with E-state index in [4.69, 9.17) is 0 Å². The Balaban J connectivity index is 0. The van der Waals surface area contributed by atoms with Gasteiger partial charge in [0.2, 0.25) is 0 Å². The van der Waals surface area contributed by atoms with Crippen LogP contribution >= 0.6 is 0 Å². The van der Waals surface area contributed by atoms with Crippen LogP contribution in [0.25, 0.3) is 0 Å². The number of nitrogens with zero attached hydrogens (tertiary/aromatic N) is 1. The van der Waals surface area contributed by atoms with Crippen molar-refractivity contribution in [2.75, 3.05) is 26.2 Å². The van der Waals surface area contributed by atoms with E-state index in [-0.39, 0.29) is 5.48 Å². The molecule has 0 unspecified atom stereocenters. The Morgan fingerprint density at radius 3 is 0.524 bits per heavy atom. The Labute approximate surface area is 268 Å². The van der Waals surface area contributed by atoms with E-state index in [9.17, 15) is 0 Å². The van der Waals surface area contributed by atoms with Crippen LogP contribution < -0.4 is 0 Å². The molecule has 0 aromatic rings. The molecule has 256 valence electrons. The molecule has 0 aromatic heterocycles. The van der Waals surface area contributed by atoms with Crippen molar-refractivity contribution < 1.29 is 9.96 Å². The molecule has 0 heterocycles. The Bertz CT molecular complexity index is 379. The van der Waals surface area contributed by atoms with E-state index in [1.807, 2.05) is 0 Å². The van der Waals surface area contributed by atoms with Crippen molar-refractivity contribution in [1.29, 1.82) is 0 Å². The predicted octanol–water partition coefficient (Wildman–Crippen LogP) is 14.2. The molecule has 0 fully saturated rings. The van der Waals surface area contributed by atoms with Crippen LogP contribution in [0, 0.1) is 0 Å².